The number of aryl methyl sites for hydroxylation is 2. The molecule has 2 aromatic heterocycles. The number of para-hydroxylation sites is 1. The van der Waals surface area contributed by atoms with Gasteiger partial charge < -0.3 is 10.1 Å². The number of hydrogen-bond acceptors (Lipinski definition) is 5. The Balaban J connectivity index is 1.53. The molecule has 8 heteroatoms. The molecular weight excluding hydrogens is 346 g/mol. The molecule has 3 aromatic rings. The molecule has 1 aromatic carbocycles. The molecule has 140 valence electrons. The van der Waals surface area contributed by atoms with Crippen LogP contribution in [0.1, 0.15) is 29.2 Å². The number of aromatic nitrogens is 4. The second-order valence-electron chi connectivity index (χ2n) is 6.70. The third kappa shape index (κ3) is 3.18. The van der Waals surface area contributed by atoms with Gasteiger partial charge in [-0.05, 0) is 25.0 Å². The molecule has 1 N–H and O–H groups in total. The third-order valence-electron chi connectivity index (χ3n) is 4.97. The summed E-state index contributed by atoms with van der Waals surface area (Å²) in [5, 5.41) is 8.18. The summed E-state index contributed by atoms with van der Waals surface area (Å²) >= 11 is 0. The number of nitrogens with one attached hydrogen (secondary N) is 1. The summed E-state index contributed by atoms with van der Waals surface area (Å²) in [6.45, 7) is 0.543. The highest BCUT2D eigenvalue weighted by molar-refractivity contribution is 5.97. The topological polar surface area (TPSA) is 91.0 Å². The number of nitrogens with zero attached hydrogens (tertiary/aromatic N) is 4. The average molecular weight is 367 g/mol. The lowest BCUT2D eigenvalue weighted by molar-refractivity contribution is 0.0928. The zero-order chi connectivity index (χ0) is 19.0. The van der Waals surface area contributed by atoms with E-state index < -0.39 is 0 Å². The van der Waals surface area contributed by atoms with Gasteiger partial charge in [0.1, 0.15) is 17.3 Å². The molecule has 0 fully saturated rings. The van der Waals surface area contributed by atoms with E-state index >= 15 is 0 Å². The highest BCUT2D eigenvalue weighted by Gasteiger charge is 2.22. The highest BCUT2D eigenvalue weighted by Crippen LogP contribution is 2.25. The molecule has 8 nitrogen and oxygen atoms in total. The van der Waals surface area contributed by atoms with Crippen molar-refractivity contribution in [1.29, 1.82) is 0 Å². The minimum atomic E-state index is -0.239. The number of carbonyl (C=O) groups excluding carboxylic acids is 1. The number of ether oxygens (including phenoxy) is 1. The van der Waals surface area contributed by atoms with Crippen LogP contribution in [0.5, 0.6) is 5.75 Å². The van der Waals surface area contributed by atoms with Gasteiger partial charge in [0.05, 0.1) is 12.6 Å². The molecule has 4 rings (SSSR count). The van der Waals surface area contributed by atoms with E-state index in [9.17, 15) is 9.59 Å². The molecule has 1 unspecified atom stereocenters. The number of rotatable bonds is 3. The smallest absolute Gasteiger partial charge is 0.345 e. The second-order valence-corrected chi connectivity index (χ2v) is 6.70. The first-order chi connectivity index (χ1) is 13.1. The van der Waals surface area contributed by atoms with Gasteiger partial charge in [-0.25, -0.2) is 14.5 Å². The van der Waals surface area contributed by atoms with Crippen LogP contribution in [0, 0.1) is 0 Å². The maximum absolute atomic E-state index is 12.8. The molecule has 1 aliphatic heterocycles. The summed E-state index contributed by atoms with van der Waals surface area (Å²) in [6, 6.07) is 9.18. The first-order valence-corrected chi connectivity index (χ1v) is 8.94. The van der Waals surface area contributed by atoms with Crippen LogP contribution in [0.4, 0.5) is 0 Å². The summed E-state index contributed by atoms with van der Waals surface area (Å²) in [4.78, 5) is 29.3. The lowest BCUT2D eigenvalue weighted by atomic mass is 10.1. The van der Waals surface area contributed by atoms with Gasteiger partial charge in [-0.1, -0.05) is 12.1 Å². The van der Waals surface area contributed by atoms with Crippen LogP contribution in [0.2, 0.25) is 0 Å². The number of pyridine rings is 1. The van der Waals surface area contributed by atoms with Gasteiger partial charge in [0.15, 0.2) is 0 Å². The molecule has 0 saturated heterocycles. The van der Waals surface area contributed by atoms with Crippen molar-refractivity contribution in [3.05, 3.63) is 52.3 Å². The summed E-state index contributed by atoms with van der Waals surface area (Å²) in [5.74, 6) is 1.15. The van der Waals surface area contributed by atoms with E-state index in [1.807, 2.05) is 24.3 Å². The molecule has 0 aliphatic carbocycles. The Bertz CT molecular complexity index is 1070. The highest BCUT2D eigenvalue weighted by atomic mass is 16.5. The van der Waals surface area contributed by atoms with E-state index in [1.54, 1.807) is 24.8 Å². The maximum Gasteiger partial charge on any atom is 0.345 e. The maximum atomic E-state index is 12.8. The van der Waals surface area contributed by atoms with E-state index in [1.165, 1.54) is 4.68 Å². The zero-order valence-corrected chi connectivity index (χ0v) is 15.3. The van der Waals surface area contributed by atoms with Gasteiger partial charge in [0.25, 0.3) is 5.91 Å². The Kier molecular flexibility index (Phi) is 4.39. The standard InChI is InChI=1S/C19H21N5O3/c1-23-19(26)24-10-9-12(7-8-17(24)22-23)20-18(25)15-11-16(27-2)13-5-3-4-6-14(13)21-15/h3-6,11-12H,7-10H2,1-2H3,(H,20,25). The zero-order valence-electron chi connectivity index (χ0n) is 15.3. The second kappa shape index (κ2) is 6.86. The number of hydrogen-bond donors (Lipinski definition) is 1. The predicted molar refractivity (Wildman–Crippen MR) is 100.0 cm³/mol. The monoisotopic (exact) mass is 367 g/mol. The number of carbonyl (C=O) groups is 1. The fourth-order valence-electron chi connectivity index (χ4n) is 3.53. The molecule has 0 radical (unpaired) electrons. The fraction of sp³-hybridized carbons (Fsp3) is 0.368. The average Bonchev–Trinajstić information content (AvgIpc) is 2.83. The molecular formula is C19H21N5O3. The SMILES string of the molecule is COc1cc(C(=O)NC2CCc3nn(C)c(=O)n3CC2)nc2ccccc12. The van der Waals surface area contributed by atoms with E-state index in [-0.39, 0.29) is 17.6 Å². The molecule has 0 bridgehead atoms. The lowest BCUT2D eigenvalue weighted by Gasteiger charge is -2.16. The minimum absolute atomic E-state index is 0.0387. The van der Waals surface area contributed by atoms with Crippen LogP contribution in [0.25, 0.3) is 10.9 Å². The van der Waals surface area contributed by atoms with Crippen molar-refractivity contribution >= 4 is 16.8 Å². The van der Waals surface area contributed by atoms with Gasteiger partial charge in [0, 0.05) is 37.5 Å². The molecule has 3 heterocycles. The van der Waals surface area contributed by atoms with Crippen molar-refractivity contribution in [2.24, 2.45) is 7.05 Å². The molecule has 1 aliphatic rings. The largest absolute Gasteiger partial charge is 0.496 e. The molecule has 1 atom stereocenters. The van der Waals surface area contributed by atoms with E-state index in [2.05, 4.69) is 15.4 Å². The van der Waals surface area contributed by atoms with Crippen molar-refractivity contribution in [1.82, 2.24) is 24.6 Å². The van der Waals surface area contributed by atoms with Crippen molar-refractivity contribution in [2.75, 3.05) is 7.11 Å². The van der Waals surface area contributed by atoms with E-state index in [0.29, 0.717) is 36.3 Å². The van der Waals surface area contributed by atoms with Crippen molar-refractivity contribution in [3.63, 3.8) is 0 Å². The van der Waals surface area contributed by atoms with Crippen LogP contribution in [0.15, 0.2) is 35.1 Å². The van der Waals surface area contributed by atoms with Crippen molar-refractivity contribution in [3.8, 4) is 5.75 Å². The Morgan fingerprint density at radius 2 is 2.11 bits per heavy atom. The van der Waals surface area contributed by atoms with E-state index in [0.717, 1.165) is 17.6 Å². The minimum Gasteiger partial charge on any atom is -0.496 e. The summed E-state index contributed by atoms with van der Waals surface area (Å²) in [6.07, 6.45) is 2.05. The van der Waals surface area contributed by atoms with Crippen molar-refractivity contribution in [2.45, 2.75) is 31.8 Å². The Morgan fingerprint density at radius 1 is 1.30 bits per heavy atom. The lowest BCUT2D eigenvalue weighted by Crippen LogP contribution is -2.36. The van der Waals surface area contributed by atoms with E-state index in [4.69, 9.17) is 4.74 Å². The van der Waals surface area contributed by atoms with Crippen LogP contribution in [-0.4, -0.2) is 38.4 Å². The number of amides is 1. The first kappa shape index (κ1) is 17.3. The number of benzene rings is 1. The first-order valence-electron chi connectivity index (χ1n) is 8.94. The van der Waals surface area contributed by atoms with Gasteiger partial charge in [-0.15, -0.1) is 0 Å². The third-order valence-corrected chi connectivity index (χ3v) is 4.97. The van der Waals surface area contributed by atoms with Gasteiger partial charge in [0.2, 0.25) is 0 Å². The van der Waals surface area contributed by atoms with Gasteiger partial charge >= 0.3 is 5.69 Å². The number of methoxy groups -OCH3 is 1. The summed E-state index contributed by atoms with van der Waals surface area (Å²) in [7, 11) is 3.23. The van der Waals surface area contributed by atoms with Crippen LogP contribution in [0.3, 0.4) is 0 Å². The summed E-state index contributed by atoms with van der Waals surface area (Å²) in [5.41, 5.74) is 0.924. The van der Waals surface area contributed by atoms with Crippen molar-refractivity contribution < 1.29 is 9.53 Å². The Labute approximate surface area is 155 Å². The normalized spacial score (nSPS) is 16.6. The van der Waals surface area contributed by atoms with Crippen LogP contribution in [-0.2, 0) is 20.0 Å². The molecule has 0 saturated carbocycles. The predicted octanol–water partition coefficient (Wildman–Crippen LogP) is 1.27. The quantitative estimate of drug-likeness (QED) is 0.753. The molecule has 0 spiro atoms. The Morgan fingerprint density at radius 3 is 2.93 bits per heavy atom. The summed E-state index contributed by atoms with van der Waals surface area (Å²) < 4.78 is 8.46. The van der Waals surface area contributed by atoms with Crippen LogP contribution < -0.4 is 15.7 Å². The van der Waals surface area contributed by atoms with Gasteiger partial charge in [-0.3, -0.25) is 9.36 Å². The van der Waals surface area contributed by atoms with Crippen LogP contribution >= 0.6 is 0 Å². The molecule has 1 amide bonds. The fourth-order valence-corrected chi connectivity index (χ4v) is 3.53. The Hall–Kier alpha value is -3.16. The number of fused-ring (bicyclic) bond motifs is 2. The van der Waals surface area contributed by atoms with Gasteiger partial charge in [-0.2, -0.15) is 5.10 Å². The molecule has 27 heavy (non-hydrogen) atoms.